The highest BCUT2D eigenvalue weighted by atomic mass is 16.5. The molecule has 1 aromatic heterocycles. The molecule has 0 saturated heterocycles. The molecule has 1 heterocycles. The maximum atomic E-state index is 11.8. The highest BCUT2D eigenvalue weighted by molar-refractivity contribution is 5.96. The number of rotatable bonds is 5. The van der Waals surface area contributed by atoms with Crippen LogP contribution >= 0.6 is 0 Å². The van der Waals surface area contributed by atoms with Gasteiger partial charge in [0.05, 0.1) is 7.11 Å². The number of carbonyl (C=O) groups is 1. The van der Waals surface area contributed by atoms with Crippen LogP contribution in [-0.4, -0.2) is 29.4 Å². The molecule has 5 heteroatoms. The van der Waals surface area contributed by atoms with E-state index in [1.807, 2.05) is 6.92 Å². The number of aromatic nitrogens is 2. The third-order valence-electron chi connectivity index (χ3n) is 2.06. The highest BCUT2D eigenvalue weighted by Gasteiger charge is 2.16. The largest absolute Gasteiger partial charge is 0.479 e. The third-order valence-corrected chi connectivity index (χ3v) is 2.06. The molecule has 1 rings (SSSR count). The Balaban J connectivity index is 2.81. The van der Waals surface area contributed by atoms with Crippen molar-refractivity contribution in [3.8, 4) is 5.88 Å². The van der Waals surface area contributed by atoms with E-state index in [4.69, 9.17) is 10.5 Å². The Morgan fingerprint density at radius 1 is 1.53 bits per heavy atom. The van der Waals surface area contributed by atoms with Crippen molar-refractivity contribution in [2.24, 2.45) is 11.7 Å². The van der Waals surface area contributed by atoms with Crippen LogP contribution in [0.2, 0.25) is 0 Å². The molecule has 1 atom stereocenters. The van der Waals surface area contributed by atoms with E-state index in [1.54, 1.807) is 0 Å². The Labute approximate surface area is 88.7 Å². The maximum absolute atomic E-state index is 11.8. The molecule has 82 valence electrons. The van der Waals surface area contributed by atoms with E-state index >= 15 is 0 Å². The molecular formula is C10H15N3O2. The normalized spacial score (nSPS) is 12.2. The molecule has 0 aliphatic rings. The Morgan fingerprint density at radius 2 is 2.20 bits per heavy atom. The summed E-state index contributed by atoms with van der Waals surface area (Å²) in [5.74, 6) is 0.328. The van der Waals surface area contributed by atoms with E-state index in [0.29, 0.717) is 13.0 Å². The van der Waals surface area contributed by atoms with Gasteiger partial charge in [0.25, 0.3) is 0 Å². The van der Waals surface area contributed by atoms with Gasteiger partial charge >= 0.3 is 0 Å². The molecular weight excluding hydrogens is 194 g/mol. The van der Waals surface area contributed by atoms with Gasteiger partial charge in [0, 0.05) is 18.8 Å². The van der Waals surface area contributed by atoms with Crippen LogP contribution in [0.25, 0.3) is 0 Å². The van der Waals surface area contributed by atoms with Gasteiger partial charge in [-0.25, -0.2) is 9.97 Å². The minimum Gasteiger partial charge on any atom is -0.479 e. The molecule has 0 radical (unpaired) electrons. The van der Waals surface area contributed by atoms with Gasteiger partial charge in [-0.15, -0.1) is 0 Å². The Morgan fingerprint density at radius 3 is 2.80 bits per heavy atom. The fourth-order valence-electron chi connectivity index (χ4n) is 1.16. The molecule has 0 fully saturated rings. The van der Waals surface area contributed by atoms with Crippen molar-refractivity contribution in [1.29, 1.82) is 0 Å². The van der Waals surface area contributed by atoms with Gasteiger partial charge in [-0.2, -0.15) is 0 Å². The highest BCUT2D eigenvalue weighted by Crippen LogP contribution is 2.15. The first kappa shape index (κ1) is 11.6. The predicted molar refractivity (Wildman–Crippen MR) is 55.7 cm³/mol. The number of nitrogens with two attached hydrogens (primary N) is 1. The first-order chi connectivity index (χ1) is 7.19. The summed E-state index contributed by atoms with van der Waals surface area (Å²) in [6.45, 7) is 2.40. The van der Waals surface area contributed by atoms with Crippen molar-refractivity contribution in [3.63, 3.8) is 0 Å². The topological polar surface area (TPSA) is 78.1 Å². The van der Waals surface area contributed by atoms with Gasteiger partial charge in [0.15, 0.2) is 11.5 Å². The molecule has 0 spiro atoms. The van der Waals surface area contributed by atoms with Crippen LogP contribution in [0.15, 0.2) is 12.4 Å². The van der Waals surface area contributed by atoms with Crippen LogP contribution < -0.4 is 10.5 Å². The fourth-order valence-corrected chi connectivity index (χ4v) is 1.16. The molecule has 1 unspecified atom stereocenters. The van der Waals surface area contributed by atoms with E-state index in [2.05, 4.69) is 9.97 Å². The van der Waals surface area contributed by atoms with E-state index in [0.717, 1.165) is 0 Å². The summed E-state index contributed by atoms with van der Waals surface area (Å²) in [7, 11) is 1.47. The van der Waals surface area contributed by atoms with E-state index in [9.17, 15) is 4.79 Å². The van der Waals surface area contributed by atoms with Crippen molar-refractivity contribution in [1.82, 2.24) is 9.97 Å². The number of hydrogen-bond donors (Lipinski definition) is 1. The molecule has 1 aromatic rings. The van der Waals surface area contributed by atoms with Gasteiger partial charge in [-0.1, -0.05) is 6.92 Å². The maximum Gasteiger partial charge on any atom is 0.243 e. The zero-order chi connectivity index (χ0) is 11.3. The summed E-state index contributed by atoms with van der Waals surface area (Å²) in [5, 5.41) is 0. The van der Waals surface area contributed by atoms with Crippen LogP contribution in [0.4, 0.5) is 0 Å². The van der Waals surface area contributed by atoms with Crippen LogP contribution in [0.5, 0.6) is 5.88 Å². The molecule has 0 aliphatic carbocycles. The molecule has 0 bridgehead atoms. The smallest absolute Gasteiger partial charge is 0.243 e. The van der Waals surface area contributed by atoms with Gasteiger partial charge in [-0.05, 0) is 12.5 Å². The van der Waals surface area contributed by atoms with Gasteiger partial charge in [0.1, 0.15) is 0 Å². The minimum atomic E-state index is -0.0853. The summed E-state index contributed by atoms with van der Waals surface area (Å²) in [6, 6.07) is 0. The van der Waals surface area contributed by atoms with Crippen LogP contribution in [0.3, 0.4) is 0 Å². The first-order valence-corrected chi connectivity index (χ1v) is 4.77. The molecule has 5 nitrogen and oxygen atoms in total. The monoisotopic (exact) mass is 209 g/mol. The molecule has 0 saturated carbocycles. The number of ether oxygens (including phenoxy) is 1. The number of hydrogen-bond acceptors (Lipinski definition) is 5. The number of nitrogens with zero attached hydrogens (tertiary/aromatic N) is 2. The number of ketones is 1. The lowest BCUT2D eigenvalue weighted by atomic mass is 10.0. The second-order valence-electron chi connectivity index (χ2n) is 3.38. The Bertz CT molecular complexity index is 341. The molecule has 2 N–H and O–H groups in total. The third kappa shape index (κ3) is 2.99. The van der Waals surface area contributed by atoms with Crippen molar-refractivity contribution in [2.75, 3.05) is 13.7 Å². The van der Waals surface area contributed by atoms with Crippen LogP contribution in [-0.2, 0) is 0 Å². The molecule has 0 aliphatic heterocycles. The van der Waals surface area contributed by atoms with Crippen molar-refractivity contribution in [3.05, 3.63) is 18.1 Å². The van der Waals surface area contributed by atoms with Crippen molar-refractivity contribution < 1.29 is 9.53 Å². The van der Waals surface area contributed by atoms with E-state index < -0.39 is 0 Å². The molecule has 0 aromatic carbocycles. The van der Waals surface area contributed by atoms with Crippen molar-refractivity contribution >= 4 is 5.78 Å². The second kappa shape index (κ2) is 5.41. The van der Waals surface area contributed by atoms with E-state index in [-0.39, 0.29) is 23.3 Å². The van der Waals surface area contributed by atoms with Crippen molar-refractivity contribution in [2.45, 2.75) is 13.3 Å². The summed E-state index contributed by atoms with van der Waals surface area (Å²) < 4.78 is 4.96. The quantitative estimate of drug-likeness (QED) is 0.720. The van der Waals surface area contributed by atoms with Gasteiger partial charge < -0.3 is 10.5 Å². The number of Topliss-reactive ketones (excluding diaryl/α,β-unsaturated/α-hetero) is 1. The average molecular weight is 209 g/mol. The molecule has 15 heavy (non-hydrogen) atoms. The van der Waals surface area contributed by atoms with Gasteiger partial charge in [0.2, 0.25) is 5.88 Å². The lowest BCUT2D eigenvalue weighted by Gasteiger charge is -2.08. The standard InChI is InChI=1S/C10H15N3O2/c1-7(6-11)5-8(14)9-10(15-2)13-4-3-12-9/h3-4,7H,5-6,11H2,1-2H3. The second-order valence-corrected chi connectivity index (χ2v) is 3.38. The summed E-state index contributed by atoms with van der Waals surface area (Å²) >= 11 is 0. The van der Waals surface area contributed by atoms with Crippen LogP contribution in [0.1, 0.15) is 23.8 Å². The number of methoxy groups -OCH3 is 1. The summed E-state index contributed by atoms with van der Waals surface area (Å²) in [5.41, 5.74) is 5.73. The van der Waals surface area contributed by atoms with E-state index in [1.165, 1.54) is 19.5 Å². The zero-order valence-corrected chi connectivity index (χ0v) is 8.93. The summed E-state index contributed by atoms with van der Waals surface area (Å²) in [4.78, 5) is 19.6. The zero-order valence-electron chi connectivity index (χ0n) is 8.93. The minimum absolute atomic E-state index is 0.0853. The lowest BCUT2D eigenvalue weighted by molar-refractivity contribution is 0.0957. The SMILES string of the molecule is COc1nccnc1C(=O)CC(C)CN. The fraction of sp³-hybridized carbons (Fsp3) is 0.500. The Kier molecular flexibility index (Phi) is 4.17. The number of carbonyl (C=O) groups excluding carboxylic acids is 1. The Hall–Kier alpha value is -1.49. The average Bonchev–Trinajstić information content (AvgIpc) is 2.28. The summed E-state index contributed by atoms with van der Waals surface area (Å²) in [6.07, 6.45) is 3.33. The predicted octanol–water partition coefficient (Wildman–Crippen LogP) is 0.653. The molecule has 0 amide bonds. The van der Waals surface area contributed by atoms with Gasteiger partial charge in [-0.3, -0.25) is 4.79 Å². The first-order valence-electron chi connectivity index (χ1n) is 4.77. The lowest BCUT2D eigenvalue weighted by Crippen LogP contribution is -2.16. The van der Waals surface area contributed by atoms with Crippen LogP contribution in [0, 0.1) is 5.92 Å².